The maximum absolute atomic E-state index is 12.0. The van der Waals surface area contributed by atoms with Gasteiger partial charge in [0.2, 0.25) is 0 Å². The molecule has 0 radical (unpaired) electrons. The lowest BCUT2D eigenvalue weighted by Crippen LogP contribution is -2.34. The van der Waals surface area contributed by atoms with Crippen LogP contribution in [0.25, 0.3) is 10.9 Å². The number of carboxylic acids is 1. The number of aliphatic carboxylic acids is 1. The summed E-state index contributed by atoms with van der Waals surface area (Å²) in [6, 6.07) is 11.0. The van der Waals surface area contributed by atoms with Crippen LogP contribution in [0.15, 0.2) is 36.4 Å². The van der Waals surface area contributed by atoms with Crippen LogP contribution in [0, 0.1) is 5.41 Å². The highest BCUT2D eigenvalue weighted by atomic mass is 16.4. The molecule has 20 heavy (non-hydrogen) atoms. The van der Waals surface area contributed by atoms with E-state index in [0.717, 1.165) is 10.9 Å². The summed E-state index contributed by atoms with van der Waals surface area (Å²) in [5, 5.41) is 12.7. The topological polar surface area (TPSA) is 79.3 Å². The third-order valence-corrected chi connectivity index (χ3v) is 3.73. The number of benzene rings is 1. The lowest BCUT2D eigenvalue weighted by atomic mass is 10.1. The van der Waals surface area contributed by atoms with E-state index < -0.39 is 11.4 Å². The average molecular weight is 270 g/mol. The van der Waals surface area contributed by atoms with Crippen molar-refractivity contribution in [1.82, 2.24) is 10.3 Å². The van der Waals surface area contributed by atoms with Gasteiger partial charge in [-0.3, -0.25) is 9.59 Å². The van der Waals surface area contributed by atoms with E-state index in [0.29, 0.717) is 18.5 Å². The third kappa shape index (κ3) is 2.22. The lowest BCUT2D eigenvalue weighted by Gasteiger charge is -2.11. The van der Waals surface area contributed by atoms with Crippen LogP contribution < -0.4 is 5.32 Å². The number of carboxylic acid groups (broad SMARTS) is 1. The molecule has 1 aliphatic rings. The Bertz CT molecular complexity index is 692. The minimum absolute atomic E-state index is 0.162. The largest absolute Gasteiger partial charge is 0.481 e. The van der Waals surface area contributed by atoms with Crippen LogP contribution >= 0.6 is 0 Å². The molecule has 1 aromatic heterocycles. The zero-order valence-corrected chi connectivity index (χ0v) is 10.8. The Morgan fingerprint density at radius 1 is 1.20 bits per heavy atom. The van der Waals surface area contributed by atoms with Gasteiger partial charge in [0.1, 0.15) is 5.69 Å². The number of fused-ring (bicyclic) bond motifs is 1. The van der Waals surface area contributed by atoms with E-state index in [1.165, 1.54) is 0 Å². The van der Waals surface area contributed by atoms with Gasteiger partial charge in [0.25, 0.3) is 5.91 Å². The first kappa shape index (κ1) is 12.6. The molecule has 0 spiro atoms. The highest BCUT2D eigenvalue weighted by Crippen LogP contribution is 2.45. The van der Waals surface area contributed by atoms with Gasteiger partial charge in [0.05, 0.1) is 10.9 Å². The van der Waals surface area contributed by atoms with Gasteiger partial charge < -0.3 is 10.4 Å². The molecule has 0 unspecified atom stereocenters. The maximum Gasteiger partial charge on any atom is 0.311 e. The molecule has 2 N–H and O–H groups in total. The summed E-state index contributed by atoms with van der Waals surface area (Å²) in [5.41, 5.74) is 0.302. The first-order valence-corrected chi connectivity index (χ1v) is 6.48. The van der Waals surface area contributed by atoms with E-state index in [9.17, 15) is 9.59 Å². The Kier molecular flexibility index (Phi) is 2.89. The summed E-state index contributed by atoms with van der Waals surface area (Å²) < 4.78 is 0. The second-order valence-corrected chi connectivity index (χ2v) is 5.16. The third-order valence-electron chi connectivity index (χ3n) is 3.73. The zero-order valence-electron chi connectivity index (χ0n) is 10.8. The smallest absolute Gasteiger partial charge is 0.311 e. The molecule has 5 nitrogen and oxygen atoms in total. The van der Waals surface area contributed by atoms with Crippen molar-refractivity contribution in [3.05, 3.63) is 42.1 Å². The van der Waals surface area contributed by atoms with E-state index in [4.69, 9.17) is 5.11 Å². The molecule has 1 amide bonds. The van der Waals surface area contributed by atoms with Crippen molar-refractivity contribution in [2.24, 2.45) is 5.41 Å². The normalized spacial score (nSPS) is 15.8. The fourth-order valence-electron chi connectivity index (χ4n) is 2.15. The molecule has 0 aliphatic heterocycles. The summed E-state index contributed by atoms with van der Waals surface area (Å²) in [6.45, 7) is 0.162. The van der Waals surface area contributed by atoms with E-state index in [1.807, 2.05) is 30.3 Å². The van der Waals surface area contributed by atoms with Crippen LogP contribution in [0.5, 0.6) is 0 Å². The summed E-state index contributed by atoms with van der Waals surface area (Å²) in [5.74, 6) is -1.17. The number of amides is 1. The molecule has 3 rings (SSSR count). The standard InChI is InChI=1S/C15H14N2O3/c18-13(16-9-15(7-8-15)14(19)20)12-6-5-10-3-1-2-4-11(10)17-12/h1-6H,7-9H2,(H,16,18)(H,19,20). The molecule has 1 saturated carbocycles. The second kappa shape index (κ2) is 4.59. The minimum atomic E-state index is -0.843. The Balaban J connectivity index is 1.74. The molecule has 102 valence electrons. The van der Waals surface area contributed by atoms with E-state index in [1.54, 1.807) is 6.07 Å². The average Bonchev–Trinajstić information content (AvgIpc) is 3.25. The minimum Gasteiger partial charge on any atom is -0.481 e. The summed E-state index contributed by atoms with van der Waals surface area (Å²) in [6.07, 6.45) is 1.24. The number of carbonyl (C=O) groups is 2. The molecule has 0 bridgehead atoms. The van der Waals surface area contributed by atoms with Crippen LogP contribution in [0.1, 0.15) is 23.3 Å². The van der Waals surface area contributed by atoms with Crippen molar-refractivity contribution in [3.8, 4) is 0 Å². The van der Waals surface area contributed by atoms with E-state index in [-0.39, 0.29) is 12.5 Å². The van der Waals surface area contributed by atoms with Crippen LogP contribution in [-0.4, -0.2) is 28.5 Å². The molecular formula is C15H14N2O3. The van der Waals surface area contributed by atoms with Gasteiger partial charge in [-0.2, -0.15) is 0 Å². The SMILES string of the molecule is O=C(NCC1(C(=O)O)CC1)c1ccc2ccccc2n1. The fourth-order valence-corrected chi connectivity index (χ4v) is 2.15. The molecule has 0 atom stereocenters. The number of pyridine rings is 1. The van der Waals surface area contributed by atoms with Crippen molar-refractivity contribution < 1.29 is 14.7 Å². The number of hydrogen-bond acceptors (Lipinski definition) is 3. The number of nitrogens with zero attached hydrogens (tertiary/aromatic N) is 1. The van der Waals surface area contributed by atoms with Gasteiger partial charge in [-0.05, 0) is 25.0 Å². The summed E-state index contributed by atoms with van der Waals surface area (Å²) in [4.78, 5) is 27.3. The van der Waals surface area contributed by atoms with Crippen LogP contribution in [0.3, 0.4) is 0 Å². The predicted molar refractivity (Wildman–Crippen MR) is 73.4 cm³/mol. The quantitative estimate of drug-likeness (QED) is 0.888. The number of rotatable bonds is 4. The molecule has 0 saturated heterocycles. The highest BCUT2D eigenvalue weighted by molar-refractivity contribution is 5.95. The van der Waals surface area contributed by atoms with Crippen LogP contribution in [-0.2, 0) is 4.79 Å². The number of aromatic nitrogens is 1. The molecule has 2 aromatic rings. The number of hydrogen-bond donors (Lipinski definition) is 2. The first-order chi connectivity index (χ1) is 9.61. The monoisotopic (exact) mass is 270 g/mol. The zero-order chi connectivity index (χ0) is 14.2. The Labute approximate surface area is 115 Å². The van der Waals surface area contributed by atoms with Gasteiger partial charge in [0.15, 0.2) is 0 Å². The summed E-state index contributed by atoms with van der Waals surface area (Å²) in [7, 11) is 0. The van der Waals surface area contributed by atoms with Crippen molar-refractivity contribution >= 4 is 22.8 Å². The van der Waals surface area contributed by atoms with Gasteiger partial charge in [0, 0.05) is 11.9 Å². The van der Waals surface area contributed by atoms with Crippen molar-refractivity contribution in [2.45, 2.75) is 12.8 Å². The van der Waals surface area contributed by atoms with Crippen molar-refractivity contribution in [1.29, 1.82) is 0 Å². The molecular weight excluding hydrogens is 256 g/mol. The molecule has 1 aromatic carbocycles. The maximum atomic E-state index is 12.0. The number of para-hydroxylation sites is 1. The highest BCUT2D eigenvalue weighted by Gasteiger charge is 2.50. The predicted octanol–water partition coefficient (Wildman–Crippen LogP) is 1.83. The van der Waals surface area contributed by atoms with Gasteiger partial charge in [-0.15, -0.1) is 0 Å². The fraction of sp³-hybridized carbons (Fsp3) is 0.267. The van der Waals surface area contributed by atoms with Gasteiger partial charge in [-0.1, -0.05) is 24.3 Å². The van der Waals surface area contributed by atoms with Crippen LogP contribution in [0.4, 0.5) is 0 Å². The van der Waals surface area contributed by atoms with Crippen LogP contribution in [0.2, 0.25) is 0 Å². The summed E-state index contributed by atoms with van der Waals surface area (Å²) >= 11 is 0. The lowest BCUT2D eigenvalue weighted by molar-refractivity contribution is -0.143. The molecule has 1 aliphatic carbocycles. The Morgan fingerprint density at radius 3 is 2.65 bits per heavy atom. The molecule has 1 fully saturated rings. The Hall–Kier alpha value is -2.43. The van der Waals surface area contributed by atoms with Gasteiger partial charge >= 0.3 is 5.97 Å². The first-order valence-electron chi connectivity index (χ1n) is 6.48. The number of carbonyl (C=O) groups excluding carboxylic acids is 1. The second-order valence-electron chi connectivity index (χ2n) is 5.16. The van der Waals surface area contributed by atoms with Crippen molar-refractivity contribution in [2.75, 3.05) is 6.54 Å². The number of nitrogens with one attached hydrogen (secondary N) is 1. The van der Waals surface area contributed by atoms with E-state index in [2.05, 4.69) is 10.3 Å². The Morgan fingerprint density at radius 2 is 1.95 bits per heavy atom. The molecule has 5 heteroatoms. The van der Waals surface area contributed by atoms with Crippen molar-refractivity contribution in [3.63, 3.8) is 0 Å². The molecule has 1 heterocycles. The van der Waals surface area contributed by atoms with Gasteiger partial charge in [-0.25, -0.2) is 4.98 Å². The van der Waals surface area contributed by atoms with E-state index >= 15 is 0 Å².